The summed E-state index contributed by atoms with van der Waals surface area (Å²) in [5.74, 6) is 1.00. The van der Waals surface area contributed by atoms with Crippen LogP contribution in [0.1, 0.15) is 32.1 Å². The van der Waals surface area contributed by atoms with Gasteiger partial charge in [-0.2, -0.15) is 0 Å². The van der Waals surface area contributed by atoms with E-state index >= 15 is 0 Å². The Kier molecular flexibility index (Phi) is 2.50. The lowest BCUT2D eigenvalue weighted by Gasteiger charge is -2.48. The third-order valence-corrected chi connectivity index (χ3v) is 5.83. The van der Waals surface area contributed by atoms with Crippen LogP contribution in [0.5, 0.6) is 0 Å². The van der Waals surface area contributed by atoms with Gasteiger partial charge in [-0.3, -0.25) is 4.90 Å². The maximum absolute atomic E-state index is 3.60. The van der Waals surface area contributed by atoms with Gasteiger partial charge in [-0.25, -0.2) is 0 Å². The Labute approximate surface area is 104 Å². The molecule has 2 N–H and O–H groups in total. The molecule has 1 spiro atoms. The second kappa shape index (κ2) is 3.94. The van der Waals surface area contributed by atoms with Crippen LogP contribution in [0.2, 0.25) is 0 Å². The van der Waals surface area contributed by atoms with E-state index < -0.39 is 0 Å². The molecule has 4 fully saturated rings. The molecule has 3 heteroatoms. The number of rotatable bonds is 2. The quantitative estimate of drug-likeness (QED) is 0.742. The number of nitrogens with one attached hydrogen (secondary N) is 2. The van der Waals surface area contributed by atoms with Crippen molar-refractivity contribution in [2.24, 2.45) is 11.3 Å². The fourth-order valence-corrected chi connectivity index (χ4v) is 4.51. The SMILES string of the molecule is C1CC2(CCC1CN1CC3CC1CN3)CNC2. The van der Waals surface area contributed by atoms with Gasteiger partial charge in [-0.1, -0.05) is 0 Å². The lowest BCUT2D eigenvalue weighted by atomic mass is 9.67. The fourth-order valence-electron chi connectivity index (χ4n) is 4.51. The predicted octanol–water partition coefficient (Wildman–Crippen LogP) is 0.812. The van der Waals surface area contributed by atoms with Crippen LogP contribution in [0.4, 0.5) is 0 Å². The number of fused-ring (bicyclic) bond motifs is 2. The van der Waals surface area contributed by atoms with Crippen molar-refractivity contribution in [1.29, 1.82) is 0 Å². The van der Waals surface area contributed by atoms with Crippen LogP contribution in [-0.2, 0) is 0 Å². The number of hydrogen-bond acceptors (Lipinski definition) is 3. The van der Waals surface area contributed by atoms with E-state index in [1.54, 1.807) is 0 Å². The Hall–Kier alpha value is -0.120. The first-order valence-corrected chi connectivity index (χ1v) is 7.51. The summed E-state index contributed by atoms with van der Waals surface area (Å²) in [5, 5.41) is 7.07. The first-order chi connectivity index (χ1) is 8.33. The molecule has 96 valence electrons. The van der Waals surface area contributed by atoms with E-state index in [-0.39, 0.29) is 0 Å². The van der Waals surface area contributed by atoms with Crippen molar-refractivity contribution in [3.8, 4) is 0 Å². The van der Waals surface area contributed by atoms with E-state index in [2.05, 4.69) is 15.5 Å². The summed E-state index contributed by atoms with van der Waals surface area (Å²) in [6.45, 7) is 6.58. The topological polar surface area (TPSA) is 27.3 Å². The van der Waals surface area contributed by atoms with Crippen molar-refractivity contribution in [2.45, 2.75) is 44.2 Å². The Morgan fingerprint density at radius 3 is 2.53 bits per heavy atom. The van der Waals surface area contributed by atoms with Gasteiger partial charge in [0.2, 0.25) is 0 Å². The lowest BCUT2D eigenvalue weighted by molar-refractivity contribution is 0.0644. The molecule has 0 aromatic rings. The zero-order valence-electron chi connectivity index (χ0n) is 10.8. The highest BCUT2D eigenvalue weighted by molar-refractivity contribution is 5.00. The van der Waals surface area contributed by atoms with Crippen LogP contribution in [-0.4, -0.2) is 49.7 Å². The Balaban J connectivity index is 1.30. The van der Waals surface area contributed by atoms with Crippen molar-refractivity contribution in [2.75, 3.05) is 32.7 Å². The summed E-state index contributed by atoms with van der Waals surface area (Å²) >= 11 is 0. The predicted molar refractivity (Wildman–Crippen MR) is 69.0 cm³/mol. The minimum absolute atomic E-state index is 0.738. The van der Waals surface area contributed by atoms with E-state index in [1.807, 2.05) is 0 Å². The van der Waals surface area contributed by atoms with Crippen molar-refractivity contribution < 1.29 is 0 Å². The maximum Gasteiger partial charge on any atom is 0.0236 e. The second-order valence-electron chi connectivity index (χ2n) is 7.00. The standard InChI is InChI=1S/C14H25N3/c1-3-14(9-15-10-14)4-2-11(1)7-17-8-12-5-13(17)6-16-12/h11-13,15-16H,1-10H2. The van der Waals surface area contributed by atoms with Gasteiger partial charge in [0.15, 0.2) is 0 Å². The zero-order chi connectivity index (χ0) is 11.3. The van der Waals surface area contributed by atoms with Crippen LogP contribution < -0.4 is 10.6 Å². The number of nitrogens with zero attached hydrogens (tertiary/aromatic N) is 1. The Bertz CT molecular complexity index is 290. The molecule has 1 saturated carbocycles. The van der Waals surface area contributed by atoms with Crippen molar-refractivity contribution in [3.05, 3.63) is 0 Å². The van der Waals surface area contributed by atoms with Crippen LogP contribution >= 0.6 is 0 Å². The highest BCUT2D eigenvalue weighted by Crippen LogP contribution is 2.42. The molecule has 0 amide bonds. The third-order valence-electron chi connectivity index (χ3n) is 5.83. The monoisotopic (exact) mass is 235 g/mol. The van der Waals surface area contributed by atoms with Crippen LogP contribution in [0, 0.1) is 11.3 Å². The van der Waals surface area contributed by atoms with E-state index in [9.17, 15) is 0 Å². The van der Waals surface area contributed by atoms with Crippen molar-refractivity contribution >= 4 is 0 Å². The van der Waals surface area contributed by atoms with E-state index in [0.29, 0.717) is 0 Å². The van der Waals surface area contributed by atoms with Gasteiger partial charge in [0.25, 0.3) is 0 Å². The summed E-state index contributed by atoms with van der Waals surface area (Å²) in [6.07, 6.45) is 7.38. The smallest absolute Gasteiger partial charge is 0.0236 e. The summed E-state index contributed by atoms with van der Waals surface area (Å²) < 4.78 is 0. The minimum atomic E-state index is 0.738. The largest absolute Gasteiger partial charge is 0.316 e. The summed E-state index contributed by atoms with van der Waals surface area (Å²) in [4.78, 5) is 2.78. The van der Waals surface area contributed by atoms with Gasteiger partial charge in [0, 0.05) is 44.8 Å². The average molecular weight is 235 g/mol. The average Bonchev–Trinajstić information content (AvgIpc) is 2.90. The molecule has 3 aliphatic heterocycles. The summed E-state index contributed by atoms with van der Waals surface area (Å²) in [5.41, 5.74) is 0.738. The number of piperazine rings is 1. The minimum Gasteiger partial charge on any atom is -0.316 e. The van der Waals surface area contributed by atoms with Gasteiger partial charge in [0.1, 0.15) is 0 Å². The normalized spacial score (nSPS) is 40.9. The molecule has 1 aliphatic carbocycles. The van der Waals surface area contributed by atoms with Gasteiger partial charge < -0.3 is 10.6 Å². The van der Waals surface area contributed by atoms with E-state index in [1.165, 1.54) is 64.8 Å². The highest BCUT2D eigenvalue weighted by atomic mass is 15.3. The molecule has 2 unspecified atom stereocenters. The molecular formula is C14H25N3. The second-order valence-corrected chi connectivity index (χ2v) is 7.00. The number of hydrogen-bond donors (Lipinski definition) is 2. The van der Waals surface area contributed by atoms with Crippen LogP contribution in [0.15, 0.2) is 0 Å². The molecule has 0 aromatic carbocycles. The Morgan fingerprint density at radius 2 is 2.00 bits per heavy atom. The first kappa shape index (κ1) is 10.8. The molecule has 2 atom stereocenters. The lowest BCUT2D eigenvalue weighted by Crippen LogP contribution is -2.55. The molecule has 3 heterocycles. The highest BCUT2D eigenvalue weighted by Gasteiger charge is 2.42. The van der Waals surface area contributed by atoms with E-state index in [0.717, 1.165) is 23.4 Å². The molecule has 0 radical (unpaired) electrons. The van der Waals surface area contributed by atoms with Crippen molar-refractivity contribution in [3.63, 3.8) is 0 Å². The van der Waals surface area contributed by atoms with Gasteiger partial charge in [-0.05, 0) is 43.4 Å². The molecule has 3 nitrogen and oxygen atoms in total. The number of likely N-dealkylation sites (tertiary alicyclic amines) is 1. The molecule has 2 bridgehead atoms. The third kappa shape index (κ3) is 1.83. The van der Waals surface area contributed by atoms with Gasteiger partial charge in [-0.15, -0.1) is 0 Å². The van der Waals surface area contributed by atoms with E-state index in [4.69, 9.17) is 0 Å². The summed E-state index contributed by atoms with van der Waals surface area (Å²) in [6, 6.07) is 1.70. The molecule has 17 heavy (non-hydrogen) atoms. The molecular weight excluding hydrogens is 210 g/mol. The van der Waals surface area contributed by atoms with Gasteiger partial charge in [0.05, 0.1) is 0 Å². The van der Waals surface area contributed by atoms with Crippen LogP contribution in [0.25, 0.3) is 0 Å². The van der Waals surface area contributed by atoms with Crippen LogP contribution in [0.3, 0.4) is 0 Å². The first-order valence-electron chi connectivity index (χ1n) is 7.51. The zero-order valence-corrected chi connectivity index (χ0v) is 10.8. The summed E-state index contributed by atoms with van der Waals surface area (Å²) in [7, 11) is 0. The fraction of sp³-hybridized carbons (Fsp3) is 1.00. The maximum atomic E-state index is 3.60. The van der Waals surface area contributed by atoms with Crippen molar-refractivity contribution in [1.82, 2.24) is 15.5 Å². The molecule has 3 saturated heterocycles. The molecule has 4 aliphatic rings. The Morgan fingerprint density at radius 1 is 1.18 bits per heavy atom. The molecule has 4 rings (SSSR count). The molecule has 0 aromatic heterocycles. The van der Waals surface area contributed by atoms with Gasteiger partial charge >= 0.3 is 0 Å².